The fraction of sp³-hybridized carbons (Fsp3) is 0.571. The van der Waals surface area contributed by atoms with Crippen LogP contribution in [-0.2, 0) is 12.0 Å². The molecule has 2 unspecified atom stereocenters. The molecule has 17 heavy (non-hydrogen) atoms. The highest BCUT2D eigenvalue weighted by atomic mass is 16.5. The van der Waals surface area contributed by atoms with E-state index in [1.165, 1.54) is 5.56 Å². The first-order valence-electron chi connectivity index (χ1n) is 6.28. The zero-order valence-corrected chi connectivity index (χ0v) is 10.4. The van der Waals surface area contributed by atoms with Crippen molar-refractivity contribution >= 4 is 0 Å². The molecule has 2 aliphatic heterocycles. The van der Waals surface area contributed by atoms with E-state index in [0.717, 1.165) is 30.8 Å². The summed E-state index contributed by atoms with van der Waals surface area (Å²) >= 11 is 0. The van der Waals surface area contributed by atoms with E-state index in [0.29, 0.717) is 12.6 Å². The minimum atomic E-state index is -0.746. The van der Waals surface area contributed by atoms with Gasteiger partial charge in [-0.1, -0.05) is 18.2 Å². The molecular weight excluding hydrogens is 214 g/mol. The summed E-state index contributed by atoms with van der Waals surface area (Å²) in [4.78, 5) is 2.20. The number of para-hydroxylation sites is 1. The van der Waals surface area contributed by atoms with Gasteiger partial charge in [-0.2, -0.15) is 0 Å². The highest BCUT2D eigenvalue weighted by Crippen LogP contribution is 2.42. The number of ether oxygens (including phenoxy) is 1. The number of aliphatic hydroxyl groups is 1. The van der Waals surface area contributed by atoms with Gasteiger partial charge in [0.1, 0.15) is 11.4 Å². The van der Waals surface area contributed by atoms with E-state index in [-0.39, 0.29) is 0 Å². The molecule has 1 aromatic carbocycles. The maximum atomic E-state index is 10.8. The topological polar surface area (TPSA) is 32.7 Å². The van der Waals surface area contributed by atoms with Crippen LogP contribution in [0, 0.1) is 0 Å². The summed E-state index contributed by atoms with van der Waals surface area (Å²) in [5.41, 5.74) is 1.46. The highest BCUT2D eigenvalue weighted by molar-refractivity contribution is 5.47. The number of hydrogen-bond donors (Lipinski definition) is 1. The van der Waals surface area contributed by atoms with Crippen molar-refractivity contribution < 1.29 is 9.84 Å². The van der Waals surface area contributed by atoms with Gasteiger partial charge in [0.05, 0.1) is 6.61 Å². The molecular formula is C14H19NO2. The molecule has 2 atom stereocenters. The quantitative estimate of drug-likeness (QED) is 0.798. The van der Waals surface area contributed by atoms with Crippen LogP contribution in [0.1, 0.15) is 24.5 Å². The van der Waals surface area contributed by atoms with Gasteiger partial charge >= 0.3 is 0 Å². The Morgan fingerprint density at radius 2 is 2.29 bits per heavy atom. The lowest BCUT2D eigenvalue weighted by Crippen LogP contribution is -2.29. The average molecular weight is 233 g/mol. The first-order valence-corrected chi connectivity index (χ1v) is 6.28. The summed E-state index contributed by atoms with van der Waals surface area (Å²) in [6.45, 7) is 3.59. The number of β-amino-alcohol motifs (C(OH)–C–C–N with tert-alkyl or cyclic N) is 1. The Morgan fingerprint density at radius 3 is 3.00 bits per heavy atom. The van der Waals surface area contributed by atoms with Crippen LogP contribution in [0.2, 0.25) is 0 Å². The van der Waals surface area contributed by atoms with Crippen LogP contribution in [-0.4, -0.2) is 36.2 Å². The Hall–Kier alpha value is -1.06. The first kappa shape index (κ1) is 11.1. The van der Waals surface area contributed by atoms with Gasteiger partial charge in [-0.3, -0.25) is 0 Å². The van der Waals surface area contributed by atoms with Crippen molar-refractivity contribution in [3.63, 3.8) is 0 Å². The third-order valence-electron chi connectivity index (χ3n) is 4.11. The third-order valence-corrected chi connectivity index (χ3v) is 4.11. The molecule has 92 valence electrons. The summed E-state index contributed by atoms with van der Waals surface area (Å²) in [6.07, 6.45) is 1.74. The molecule has 0 radical (unpaired) electrons. The molecule has 1 N–H and O–H groups in total. The van der Waals surface area contributed by atoms with E-state index in [9.17, 15) is 5.11 Å². The normalized spacial score (nSPS) is 32.5. The van der Waals surface area contributed by atoms with Gasteiger partial charge in [-0.05, 0) is 26.0 Å². The SMILES string of the molecule is CC1CC(O)(c2cccc3c2OCC3)CN1C. The predicted molar refractivity (Wildman–Crippen MR) is 66.2 cm³/mol. The van der Waals surface area contributed by atoms with E-state index in [4.69, 9.17) is 4.74 Å². The average Bonchev–Trinajstić information content (AvgIpc) is 2.84. The molecule has 0 aliphatic carbocycles. The summed E-state index contributed by atoms with van der Waals surface area (Å²) in [6, 6.07) is 6.55. The van der Waals surface area contributed by atoms with Crippen LogP contribution in [0.3, 0.4) is 0 Å². The van der Waals surface area contributed by atoms with Crippen molar-refractivity contribution in [2.45, 2.75) is 31.4 Å². The number of rotatable bonds is 1. The minimum Gasteiger partial charge on any atom is -0.493 e. The molecule has 3 nitrogen and oxygen atoms in total. The molecule has 0 aromatic heterocycles. The van der Waals surface area contributed by atoms with Gasteiger partial charge in [0.25, 0.3) is 0 Å². The Labute approximate surface area is 102 Å². The van der Waals surface area contributed by atoms with E-state index >= 15 is 0 Å². The molecule has 0 amide bonds. The summed E-state index contributed by atoms with van der Waals surface area (Å²) < 4.78 is 5.70. The maximum Gasteiger partial charge on any atom is 0.128 e. The molecule has 3 heteroatoms. The second-order valence-corrected chi connectivity index (χ2v) is 5.39. The van der Waals surface area contributed by atoms with Crippen LogP contribution in [0.15, 0.2) is 18.2 Å². The Balaban J connectivity index is 2.03. The standard InChI is InChI=1S/C14H19NO2/c1-10-8-14(16,9-15(10)2)12-5-3-4-11-6-7-17-13(11)12/h3-5,10,16H,6-9H2,1-2H3. The number of likely N-dealkylation sites (N-methyl/N-ethyl adjacent to an activating group) is 1. The fourth-order valence-corrected chi connectivity index (χ4v) is 3.05. The smallest absolute Gasteiger partial charge is 0.128 e. The van der Waals surface area contributed by atoms with Gasteiger partial charge in [-0.15, -0.1) is 0 Å². The number of hydrogen-bond acceptors (Lipinski definition) is 3. The molecule has 1 fully saturated rings. The lowest BCUT2D eigenvalue weighted by molar-refractivity contribution is 0.0460. The zero-order chi connectivity index (χ0) is 12.0. The van der Waals surface area contributed by atoms with Crippen LogP contribution in [0.5, 0.6) is 5.75 Å². The maximum absolute atomic E-state index is 10.8. The molecule has 1 saturated heterocycles. The molecule has 2 heterocycles. The van der Waals surface area contributed by atoms with E-state index in [1.54, 1.807) is 0 Å². The van der Waals surface area contributed by atoms with Crippen LogP contribution < -0.4 is 4.74 Å². The number of fused-ring (bicyclic) bond motifs is 1. The zero-order valence-electron chi connectivity index (χ0n) is 10.4. The van der Waals surface area contributed by atoms with Crippen LogP contribution in [0.4, 0.5) is 0 Å². The van der Waals surface area contributed by atoms with Crippen molar-refractivity contribution in [2.24, 2.45) is 0 Å². The van der Waals surface area contributed by atoms with E-state index in [2.05, 4.69) is 24.9 Å². The van der Waals surface area contributed by atoms with Gasteiger partial charge in [0, 0.05) is 24.6 Å². The highest BCUT2D eigenvalue weighted by Gasteiger charge is 2.42. The predicted octanol–water partition coefficient (Wildman–Crippen LogP) is 1.53. The minimum absolute atomic E-state index is 0.414. The number of nitrogens with zero attached hydrogens (tertiary/aromatic N) is 1. The molecule has 0 saturated carbocycles. The van der Waals surface area contributed by atoms with Crippen LogP contribution in [0.25, 0.3) is 0 Å². The van der Waals surface area contributed by atoms with Crippen molar-refractivity contribution in [3.8, 4) is 5.75 Å². The van der Waals surface area contributed by atoms with Gasteiger partial charge in [0.2, 0.25) is 0 Å². The van der Waals surface area contributed by atoms with Crippen LogP contribution >= 0.6 is 0 Å². The van der Waals surface area contributed by atoms with Crippen molar-refractivity contribution in [1.82, 2.24) is 4.90 Å². The van der Waals surface area contributed by atoms with Crippen molar-refractivity contribution in [2.75, 3.05) is 20.2 Å². The van der Waals surface area contributed by atoms with Gasteiger partial charge < -0.3 is 14.7 Å². The molecule has 3 rings (SSSR count). The van der Waals surface area contributed by atoms with Gasteiger partial charge in [0.15, 0.2) is 0 Å². The lowest BCUT2D eigenvalue weighted by Gasteiger charge is -2.24. The summed E-state index contributed by atoms with van der Waals surface area (Å²) in [7, 11) is 2.06. The lowest BCUT2D eigenvalue weighted by atomic mass is 9.89. The molecule has 0 bridgehead atoms. The Bertz CT molecular complexity index is 434. The number of likely N-dealkylation sites (tertiary alicyclic amines) is 1. The Morgan fingerprint density at radius 1 is 1.47 bits per heavy atom. The van der Waals surface area contributed by atoms with Gasteiger partial charge in [-0.25, -0.2) is 0 Å². The van der Waals surface area contributed by atoms with Crippen molar-refractivity contribution in [3.05, 3.63) is 29.3 Å². The Kier molecular flexibility index (Phi) is 2.42. The second-order valence-electron chi connectivity index (χ2n) is 5.39. The molecule has 0 spiro atoms. The number of benzene rings is 1. The second kappa shape index (κ2) is 3.72. The molecule has 2 aliphatic rings. The van der Waals surface area contributed by atoms with Crippen molar-refractivity contribution in [1.29, 1.82) is 0 Å². The third kappa shape index (κ3) is 1.65. The van der Waals surface area contributed by atoms with E-state index < -0.39 is 5.60 Å². The molecule has 1 aromatic rings. The van der Waals surface area contributed by atoms with E-state index in [1.807, 2.05) is 12.1 Å². The fourth-order valence-electron chi connectivity index (χ4n) is 3.05. The largest absolute Gasteiger partial charge is 0.493 e. The monoisotopic (exact) mass is 233 g/mol. The first-order chi connectivity index (χ1) is 8.10. The summed E-state index contributed by atoms with van der Waals surface area (Å²) in [5, 5.41) is 10.8. The summed E-state index contributed by atoms with van der Waals surface area (Å²) in [5.74, 6) is 0.928.